The van der Waals surface area contributed by atoms with Crippen molar-refractivity contribution in [3.05, 3.63) is 0 Å². The van der Waals surface area contributed by atoms with Crippen molar-refractivity contribution in [3.8, 4) is 0 Å². The second-order valence-electron chi connectivity index (χ2n) is 4.51. The third-order valence-electron chi connectivity index (χ3n) is 2.99. The average molecular weight is 228 g/mol. The van der Waals surface area contributed by atoms with Crippen LogP contribution < -0.4 is 10.6 Å². The summed E-state index contributed by atoms with van der Waals surface area (Å²) in [4.78, 5) is 22.3. The fourth-order valence-electron chi connectivity index (χ4n) is 1.33. The van der Waals surface area contributed by atoms with E-state index in [0.717, 1.165) is 12.8 Å². The van der Waals surface area contributed by atoms with E-state index in [9.17, 15) is 9.59 Å². The van der Waals surface area contributed by atoms with Gasteiger partial charge in [0.2, 0.25) is 5.91 Å². The lowest BCUT2D eigenvalue weighted by Crippen LogP contribution is -2.50. The van der Waals surface area contributed by atoms with Gasteiger partial charge in [-0.05, 0) is 26.2 Å². The zero-order valence-corrected chi connectivity index (χ0v) is 9.88. The molecule has 16 heavy (non-hydrogen) atoms. The maximum Gasteiger partial charge on any atom is 0.323 e. The molecule has 0 bridgehead atoms. The van der Waals surface area contributed by atoms with E-state index in [1.165, 1.54) is 0 Å². The van der Waals surface area contributed by atoms with Crippen LogP contribution >= 0.6 is 0 Å². The summed E-state index contributed by atoms with van der Waals surface area (Å²) in [5.41, 5.74) is -0.931. The van der Waals surface area contributed by atoms with E-state index in [2.05, 4.69) is 10.6 Å². The number of carbonyl (C=O) groups is 2. The third-order valence-corrected chi connectivity index (χ3v) is 2.99. The molecule has 92 valence electrons. The van der Waals surface area contributed by atoms with Gasteiger partial charge in [-0.1, -0.05) is 6.92 Å². The molecule has 3 N–H and O–H groups in total. The van der Waals surface area contributed by atoms with Crippen molar-refractivity contribution in [2.45, 2.75) is 51.1 Å². The molecule has 1 atom stereocenters. The first-order chi connectivity index (χ1) is 7.48. The van der Waals surface area contributed by atoms with Gasteiger partial charge in [-0.15, -0.1) is 0 Å². The normalized spacial score (nSPS) is 18.9. The number of amides is 1. The van der Waals surface area contributed by atoms with Crippen LogP contribution in [0.2, 0.25) is 0 Å². The van der Waals surface area contributed by atoms with E-state index in [4.69, 9.17) is 5.11 Å². The molecule has 1 rings (SSSR count). The van der Waals surface area contributed by atoms with Gasteiger partial charge in [0.05, 0.1) is 0 Å². The van der Waals surface area contributed by atoms with Gasteiger partial charge in [0.25, 0.3) is 0 Å². The summed E-state index contributed by atoms with van der Waals surface area (Å²) in [6.45, 7) is 3.84. The molecular formula is C11H20N2O3. The minimum atomic E-state index is -0.931. The van der Waals surface area contributed by atoms with E-state index >= 15 is 0 Å². The number of hydrogen-bond donors (Lipinski definition) is 3. The number of nitrogens with one attached hydrogen (secondary N) is 2. The van der Waals surface area contributed by atoms with Gasteiger partial charge < -0.3 is 15.7 Å². The van der Waals surface area contributed by atoms with Crippen LogP contribution in [0.5, 0.6) is 0 Å². The standard InChI is InChI=1S/C11H20N2O3/c1-3-11(2,10(15)16)12-7-6-9(14)13-8-4-5-8/h8,12H,3-7H2,1-2H3,(H,13,14)(H,15,16). The first-order valence-electron chi connectivity index (χ1n) is 5.75. The molecule has 1 saturated carbocycles. The number of aliphatic carboxylic acids is 1. The number of carboxylic acids is 1. The van der Waals surface area contributed by atoms with Crippen LogP contribution in [0.4, 0.5) is 0 Å². The Kier molecular flexibility index (Phi) is 4.29. The molecule has 1 aliphatic carbocycles. The molecule has 1 amide bonds. The number of hydrogen-bond acceptors (Lipinski definition) is 3. The fraction of sp³-hybridized carbons (Fsp3) is 0.818. The van der Waals surface area contributed by atoms with E-state index in [1.807, 2.05) is 6.92 Å². The fourth-order valence-corrected chi connectivity index (χ4v) is 1.33. The SMILES string of the molecule is CCC(C)(NCCC(=O)NC1CC1)C(=O)O. The van der Waals surface area contributed by atoms with Gasteiger partial charge in [0.1, 0.15) is 5.54 Å². The summed E-state index contributed by atoms with van der Waals surface area (Å²) in [6.07, 6.45) is 2.97. The molecule has 0 aliphatic heterocycles. The number of carbonyl (C=O) groups excluding carboxylic acids is 1. The quantitative estimate of drug-likeness (QED) is 0.593. The van der Waals surface area contributed by atoms with E-state index in [1.54, 1.807) is 6.92 Å². The molecule has 0 spiro atoms. The second kappa shape index (κ2) is 5.30. The summed E-state index contributed by atoms with van der Waals surface area (Å²) < 4.78 is 0. The highest BCUT2D eigenvalue weighted by molar-refractivity contribution is 5.79. The van der Waals surface area contributed by atoms with Crippen LogP contribution in [0.1, 0.15) is 39.5 Å². The summed E-state index contributed by atoms with van der Waals surface area (Å²) in [5.74, 6) is -0.878. The van der Waals surface area contributed by atoms with Crippen LogP contribution in [0, 0.1) is 0 Å². The van der Waals surface area contributed by atoms with Gasteiger partial charge >= 0.3 is 5.97 Å². The third kappa shape index (κ3) is 3.81. The molecule has 0 aromatic carbocycles. The Balaban J connectivity index is 2.21. The first-order valence-corrected chi connectivity index (χ1v) is 5.75. The summed E-state index contributed by atoms with van der Waals surface area (Å²) in [6, 6.07) is 0.365. The Labute approximate surface area is 95.6 Å². The van der Waals surface area contributed by atoms with Crippen molar-refractivity contribution in [1.82, 2.24) is 10.6 Å². The average Bonchev–Trinajstić information content (AvgIpc) is 3.01. The lowest BCUT2D eigenvalue weighted by atomic mass is 9.99. The van der Waals surface area contributed by atoms with Crippen molar-refractivity contribution < 1.29 is 14.7 Å². The minimum absolute atomic E-state index is 0.00107. The van der Waals surface area contributed by atoms with E-state index in [-0.39, 0.29) is 5.91 Å². The minimum Gasteiger partial charge on any atom is -0.480 e. The maximum absolute atomic E-state index is 11.3. The smallest absolute Gasteiger partial charge is 0.323 e. The number of rotatable bonds is 7. The molecule has 1 fully saturated rings. The zero-order valence-electron chi connectivity index (χ0n) is 9.88. The van der Waals surface area contributed by atoms with Crippen LogP contribution in [0.3, 0.4) is 0 Å². The van der Waals surface area contributed by atoms with Gasteiger partial charge in [0, 0.05) is 19.0 Å². The molecule has 5 nitrogen and oxygen atoms in total. The second-order valence-corrected chi connectivity index (χ2v) is 4.51. The number of carboxylic acid groups (broad SMARTS) is 1. The molecule has 0 radical (unpaired) electrons. The van der Waals surface area contributed by atoms with Crippen molar-refractivity contribution in [1.29, 1.82) is 0 Å². The highest BCUT2D eigenvalue weighted by Crippen LogP contribution is 2.18. The maximum atomic E-state index is 11.3. The summed E-state index contributed by atoms with van der Waals surface area (Å²) in [7, 11) is 0. The van der Waals surface area contributed by atoms with Crippen molar-refractivity contribution in [3.63, 3.8) is 0 Å². The van der Waals surface area contributed by atoms with Crippen molar-refractivity contribution in [2.24, 2.45) is 0 Å². The first kappa shape index (κ1) is 13.0. The molecule has 0 aromatic heterocycles. The lowest BCUT2D eigenvalue weighted by Gasteiger charge is -2.24. The van der Waals surface area contributed by atoms with Gasteiger partial charge in [0.15, 0.2) is 0 Å². The molecular weight excluding hydrogens is 208 g/mol. The summed E-state index contributed by atoms with van der Waals surface area (Å²) in [5, 5.41) is 14.8. The van der Waals surface area contributed by atoms with Gasteiger partial charge in [-0.25, -0.2) is 0 Å². The lowest BCUT2D eigenvalue weighted by molar-refractivity contribution is -0.144. The molecule has 1 unspecified atom stereocenters. The monoisotopic (exact) mass is 228 g/mol. The Bertz CT molecular complexity index is 276. The van der Waals surface area contributed by atoms with Crippen LogP contribution in [-0.2, 0) is 9.59 Å². The Morgan fingerprint density at radius 3 is 2.50 bits per heavy atom. The topological polar surface area (TPSA) is 78.4 Å². The highest BCUT2D eigenvalue weighted by atomic mass is 16.4. The molecule has 0 saturated heterocycles. The predicted octanol–water partition coefficient (Wildman–Crippen LogP) is 0.498. The molecule has 0 aromatic rings. The molecule has 5 heteroatoms. The van der Waals surface area contributed by atoms with Crippen LogP contribution in [-0.4, -0.2) is 35.1 Å². The van der Waals surface area contributed by atoms with E-state index < -0.39 is 11.5 Å². The van der Waals surface area contributed by atoms with E-state index in [0.29, 0.717) is 25.4 Å². The Morgan fingerprint density at radius 1 is 1.44 bits per heavy atom. The largest absolute Gasteiger partial charge is 0.480 e. The molecule has 0 heterocycles. The van der Waals surface area contributed by atoms with Crippen molar-refractivity contribution in [2.75, 3.05) is 6.54 Å². The Hall–Kier alpha value is -1.10. The Morgan fingerprint density at radius 2 is 2.06 bits per heavy atom. The predicted molar refractivity (Wildman–Crippen MR) is 60.1 cm³/mol. The highest BCUT2D eigenvalue weighted by Gasteiger charge is 2.30. The summed E-state index contributed by atoms with van der Waals surface area (Å²) >= 11 is 0. The zero-order chi connectivity index (χ0) is 12.2. The van der Waals surface area contributed by atoms with Gasteiger partial charge in [-0.3, -0.25) is 9.59 Å². The van der Waals surface area contributed by atoms with Gasteiger partial charge in [-0.2, -0.15) is 0 Å². The molecule has 1 aliphatic rings. The van der Waals surface area contributed by atoms with Crippen LogP contribution in [0.15, 0.2) is 0 Å². The van der Waals surface area contributed by atoms with Crippen LogP contribution in [0.25, 0.3) is 0 Å². The van der Waals surface area contributed by atoms with Crippen molar-refractivity contribution >= 4 is 11.9 Å².